The van der Waals surface area contributed by atoms with Gasteiger partial charge in [0.25, 0.3) is 0 Å². The third-order valence-corrected chi connectivity index (χ3v) is 2.82. The van der Waals surface area contributed by atoms with Gasteiger partial charge in [0.05, 0.1) is 5.52 Å². The molecular formula is C11H16N4O. The Hall–Kier alpha value is -1.78. The molecule has 5 heteroatoms. The van der Waals surface area contributed by atoms with Gasteiger partial charge in [0.1, 0.15) is 11.3 Å². The van der Waals surface area contributed by atoms with E-state index >= 15 is 0 Å². The van der Waals surface area contributed by atoms with E-state index in [0.29, 0.717) is 11.3 Å². The van der Waals surface area contributed by atoms with Gasteiger partial charge in [-0.2, -0.15) is 0 Å². The normalized spacial score (nSPS) is 13.1. The van der Waals surface area contributed by atoms with Gasteiger partial charge in [-0.15, -0.1) is 0 Å². The van der Waals surface area contributed by atoms with Gasteiger partial charge in [-0.3, -0.25) is 4.57 Å². The van der Waals surface area contributed by atoms with E-state index in [1.807, 2.05) is 13.0 Å². The number of fused-ring (bicyclic) bond motifs is 1. The first-order valence-corrected chi connectivity index (χ1v) is 5.49. The van der Waals surface area contributed by atoms with Gasteiger partial charge in [-0.1, -0.05) is 13.3 Å². The van der Waals surface area contributed by atoms with Crippen LogP contribution in [0.15, 0.2) is 17.1 Å². The van der Waals surface area contributed by atoms with Crippen molar-refractivity contribution in [1.29, 1.82) is 0 Å². The summed E-state index contributed by atoms with van der Waals surface area (Å²) >= 11 is 0. The average Bonchev–Trinajstić information content (AvgIpc) is 2.56. The van der Waals surface area contributed by atoms with Gasteiger partial charge in [0.2, 0.25) is 0 Å². The lowest BCUT2D eigenvalue weighted by Gasteiger charge is -2.11. The van der Waals surface area contributed by atoms with Crippen LogP contribution in [0.25, 0.3) is 11.0 Å². The molecule has 5 nitrogen and oxygen atoms in total. The molecule has 0 radical (unpaired) electrons. The lowest BCUT2D eigenvalue weighted by atomic mass is 10.2. The Morgan fingerprint density at radius 3 is 3.06 bits per heavy atom. The Morgan fingerprint density at radius 2 is 2.38 bits per heavy atom. The van der Waals surface area contributed by atoms with Crippen molar-refractivity contribution in [3.05, 3.63) is 22.7 Å². The summed E-state index contributed by atoms with van der Waals surface area (Å²) in [4.78, 5) is 18.5. The minimum atomic E-state index is -0.115. The second kappa shape index (κ2) is 4.00. The molecule has 0 aliphatic rings. The van der Waals surface area contributed by atoms with Crippen molar-refractivity contribution < 1.29 is 0 Å². The topological polar surface area (TPSA) is 76.7 Å². The number of imidazole rings is 1. The first-order valence-electron chi connectivity index (χ1n) is 5.49. The molecule has 0 bridgehead atoms. The maximum atomic E-state index is 11.8. The summed E-state index contributed by atoms with van der Waals surface area (Å²) in [6.45, 7) is 4.14. The lowest BCUT2D eigenvalue weighted by Crippen LogP contribution is -2.20. The van der Waals surface area contributed by atoms with Crippen LogP contribution in [0.2, 0.25) is 0 Å². The average molecular weight is 220 g/mol. The molecule has 2 rings (SSSR count). The smallest absolute Gasteiger partial charge is 0.326 e. The van der Waals surface area contributed by atoms with Gasteiger partial charge in [-0.25, -0.2) is 9.78 Å². The van der Waals surface area contributed by atoms with E-state index in [-0.39, 0.29) is 11.7 Å². The van der Waals surface area contributed by atoms with Crippen LogP contribution in [0.5, 0.6) is 0 Å². The molecule has 0 fully saturated rings. The van der Waals surface area contributed by atoms with Crippen molar-refractivity contribution in [2.75, 3.05) is 5.73 Å². The van der Waals surface area contributed by atoms with Crippen LogP contribution < -0.4 is 11.4 Å². The number of nitrogens with two attached hydrogens (primary N) is 1. The predicted molar refractivity (Wildman–Crippen MR) is 64.4 cm³/mol. The molecule has 0 spiro atoms. The highest BCUT2D eigenvalue weighted by Gasteiger charge is 2.13. The summed E-state index contributed by atoms with van der Waals surface area (Å²) in [6.07, 6.45) is 3.63. The standard InChI is InChI=1S/C11H16N4O/c1-3-4-7(2)15-8-5-6-13-10(12)9(8)14-11(15)16/h5-7H,3-4H2,1-2H3,(H2,12,13)(H,14,16)/t7-/m0/s1. The van der Waals surface area contributed by atoms with Gasteiger partial charge in [-0.05, 0) is 19.4 Å². The van der Waals surface area contributed by atoms with E-state index in [4.69, 9.17) is 5.73 Å². The van der Waals surface area contributed by atoms with Crippen LogP contribution in [-0.2, 0) is 0 Å². The Bertz CT molecular complexity index is 555. The molecule has 0 amide bonds. The maximum Gasteiger partial charge on any atom is 0.326 e. The first kappa shape index (κ1) is 10.7. The van der Waals surface area contributed by atoms with Crippen LogP contribution in [0, 0.1) is 0 Å². The van der Waals surface area contributed by atoms with Gasteiger partial charge < -0.3 is 10.7 Å². The summed E-state index contributed by atoms with van der Waals surface area (Å²) in [5, 5.41) is 0. The van der Waals surface area contributed by atoms with Crippen molar-refractivity contribution in [2.24, 2.45) is 0 Å². The number of nitrogens with one attached hydrogen (secondary N) is 1. The van der Waals surface area contributed by atoms with Crippen LogP contribution in [0.1, 0.15) is 32.7 Å². The fraction of sp³-hybridized carbons (Fsp3) is 0.455. The number of hydrogen-bond acceptors (Lipinski definition) is 3. The molecule has 0 aromatic carbocycles. The second-order valence-corrected chi connectivity index (χ2v) is 4.03. The SMILES string of the molecule is CCC[C@H](C)n1c(=O)[nH]c2c(N)nccc21. The van der Waals surface area contributed by atoms with Crippen molar-refractivity contribution in [2.45, 2.75) is 32.7 Å². The monoisotopic (exact) mass is 220 g/mol. The molecule has 0 unspecified atom stereocenters. The van der Waals surface area contributed by atoms with Crippen LogP contribution in [0.4, 0.5) is 5.82 Å². The molecule has 1 atom stereocenters. The minimum absolute atomic E-state index is 0.115. The quantitative estimate of drug-likeness (QED) is 0.826. The number of nitrogens with zero attached hydrogens (tertiary/aromatic N) is 2. The Labute approximate surface area is 93.3 Å². The molecule has 16 heavy (non-hydrogen) atoms. The molecule has 0 saturated carbocycles. The highest BCUT2D eigenvalue weighted by atomic mass is 16.1. The predicted octanol–water partition coefficient (Wildman–Crippen LogP) is 1.67. The molecule has 3 N–H and O–H groups in total. The van der Waals surface area contributed by atoms with E-state index in [2.05, 4.69) is 16.9 Å². The Kier molecular flexibility index (Phi) is 2.68. The molecule has 0 aliphatic carbocycles. The van der Waals surface area contributed by atoms with Gasteiger partial charge >= 0.3 is 5.69 Å². The molecule has 2 aromatic heterocycles. The van der Waals surface area contributed by atoms with E-state index in [1.54, 1.807) is 10.8 Å². The third kappa shape index (κ3) is 1.58. The van der Waals surface area contributed by atoms with Crippen LogP contribution >= 0.6 is 0 Å². The van der Waals surface area contributed by atoms with Crippen molar-refractivity contribution in [1.82, 2.24) is 14.5 Å². The maximum absolute atomic E-state index is 11.8. The fourth-order valence-corrected chi connectivity index (χ4v) is 2.06. The van der Waals surface area contributed by atoms with E-state index in [0.717, 1.165) is 18.4 Å². The zero-order valence-electron chi connectivity index (χ0n) is 9.53. The molecule has 2 heterocycles. The second-order valence-electron chi connectivity index (χ2n) is 4.03. The number of H-pyrrole nitrogens is 1. The Balaban J connectivity index is 2.65. The number of rotatable bonds is 3. The van der Waals surface area contributed by atoms with E-state index in [9.17, 15) is 4.79 Å². The summed E-state index contributed by atoms with van der Waals surface area (Å²) in [6, 6.07) is 1.99. The molecule has 0 saturated heterocycles. The third-order valence-electron chi connectivity index (χ3n) is 2.82. The van der Waals surface area contributed by atoms with Crippen LogP contribution in [0.3, 0.4) is 0 Å². The molecular weight excluding hydrogens is 204 g/mol. The Morgan fingerprint density at radius 1 is 1.62 bits per heavy atom. The van der Waals surface area contributed by atoms with Crippen molar-refractivity contribution in [3.8, 4) is 0 Å². The zero-order chi connectivity index (χ0) is 11.7. The largest absolute Gasteiger partial charge is 0.382 e. The number of aromatic amines is 1. The number of anilines is 1. The molecule has 86 valence electrons. The number of nitrogen functional groups attached to an aromatic ring is 1. The van der Waals surface area contributed by atoms with Gasteiger partial charge in [0.15, 0.2) is 0 Å². The summed E-state index contributed by atoms with van der Waals surface area (Å²) in [5.74, 6) is 0.372. The summed E-state index contributed by atoms with van der Waals surface area (Å²) < 4.78 is 1.75. The highest BCUT2D eigenvalue weighted by molar-refractivity contribution is 5.84. The molecule has 0 aliphatic heterocycles. The van der Waals surface area contributed by atoms with Gasteiger partial charge in [0, 0.05) is 12.2 Å². The van der Waals surface area contributed by atoms with E-state index in [1.165, 1.54) is 0 Å². The van der Waals surface area contributed by atoms with Crippen LogP contribution in [-0.4, -0.2) is 14.5 Å². The summed E-state index contributed by atoms with van der Waals surface area (Å²) in [5.41, 5.74) is 7.07. The highest BCUT2D eigenvalue weighted by Crippen LogP contribution is 2.20. The zero-order valence-corrected chi connectivity index (χ0v) is 9.53. The molecule has 2 aromatic rings. The fourth-order valence-electron chi connectivity index (χ4n) is 2.06. The van der Waals surface area contributed by atoms with Crippen molar-refractivity contribution >= 4 is 16.9 Å². The lowest BCUT2D eigenvalue weighted by molar-refractivity contribution is 0.500. The van der Waals surface area contributed by atoms with Crippen molar-refractivity contribution in [3.63, 3.8) is 0 Å². The minimum Gasteiger partial charge on any atom is -0.382 e. The number of hydrogen-bond donors (Lipinski definition) is 2. The number of pyridine rings is 1. The first-order chi connectivity index (χ1) is 7.65. The van der Waals surface area contributed by atoms with E-state index < -0.39 is 0 Å². The number of aromatic nitrogens is 3. The summed E-state index contributed by atoms with van der Waals surface area (Å²) in [7, 11) is 0.